The summed E-state index contributed by atoms with van der Waals surface area (Å²) >= 11 is 0. The number of nitrogens with zero attached hydrogens (tertiary/aromatic N) is 1. The Labute approximate surface area is 396 Å². The number of rotatable bonds is 49. The maximum absolute atomic E-state index is 12.8. The largest absolute Gasteiger partial charge is 0.472 e. The summed E-state index contributed by atoms with van der Waals surface area (Å²) in [6, 6.07) is 0. The highest BCUT2D eigenvalue weighted by Crippen LogP contribution is 2.43. The molecule has 0 aliphatic carbocycles. The van der Waals surface area contributed by atoms with E-state index < -0.39 is 13.9 Å². The molecule has 9 heteroatoms. The van der Waals surface area contributed by atoms with Crippen molar-refractivity contribution in [1.82, 2.24) is 0 Å². The Morgan fingerprint density at radius 3 is 1.38 bits per heavy atom. The molecular formula is C55H103NO7P+. The Balaban J connectivity index is 4.12. The van der Waals surface area contributed by atoms with Crippen molar-refractivity contribution in [2.75, 3.05) is 54.1 Å². The average molecular weight is 921 g/mol. The van der Waals surface area contributed by atoms with Gasteiger partial charge in [0.2, 0.25) is 0 Å². The number of carbonyl (C=O) groups is 1. The molecule has 0 heterocycles. The Bertz CT molecular complexity index is 1210. The Hall–Kier alpha value is -1.80. The molecule has 0 amide bonds. The van der Waals surface area contributed by atoms with Gasteiger partial charge in [0.1, 0.15) is 19.3 Å². The van der Waals surface area contributed by atoms with E-state index in [1.807, 2.05) is 21.1 Å². The van der Waals surface area contributed by atoms with Crippen molar-refractivity contribution in [2.45, 2.75) is 232 Å². The van der Waals surface area contributed by atoms with Crippen LogP contribution in [-0.4, -0.2) is 75.6 Å². The van der Waals surface area contributed by atoms with Crippen LogP contribution >= 0.6 is 7.82 Å². The molecule has 0 bridgehead atoms. The van der Waals surface area contributed by atoms with Crippen molar-refractivity contribution in [3.05, 3.63) is 60.8 Å². The highest BCUT2D eigenvalue weighted by atomic mass is 31.2. The van der Waals surface area contributed by atoms with Crippen LogP contribution in [0, 0.1) is 0 Å². The molecule has 2 unspecified atom stereocenters. The molecular weight excluding hydrogens is 818 g/mol. The number of quaternary nitrogens is 1. The van der Waals surface area contributed by atoms with E-state index in [4.69, 9.17) is 18.5 Å². The molecule has 8 nitrogen and oxygen atoms in total. The van der Waals surface area contributed by atoms with Gasteiger partial charge in [0.15, 0.2) is 0 Å². The quantitative estimate of drug-likeness (QED) is 0.0214. The number of likely N-dealkylation sites (N-methyl/N-ethyl adjacent to an activating group) is 1. The first-order valence-electron chi connectivity index (χ1n) is 26.5. The lowest BCUT2D eigenvalue weighted by Gasteiger charge is -2.24. The van der Waals surface area contributed by atoms with E-state index in [0.29, 0.717) is 24.1 Å². The zero-order valence-electron chi connectivity index (χ0n) is 42.5. The molecule has 0 fully saturated rings. The molecule has 64 heavy (non-hydrogen) atoms. The summed E-state index contributed by atoms with van der Waals surface area (Å²) in [4.78, 5) is 23.0. The summed E-state index contributed by atoms with van der Waals surface area (Å²) in [6.45, 7) is 5.52. The highest BCUT2D eigenvalue weighted by molar-refractivity contribution is 7.47. The van der Waals surface area contributed by atoms with Crippen molar-refractivity contribution in [1.29, 1.82) is 0 Å². The molecule has 0 rings (SSSR count). The molecule has 0 aromatic heterocycles. The molecule has 374 valence electrons. The lowest BCUT2D eigenvalue weighted by Crippen LogP contribution is -2.37. The van der Waals surface area contributed by atoms with Gasteiger partial charge < -0.3 is 18.9 Å². The second-order valence-corrected chi connectivity index (χ2v) is 20.3. The van der Waals surface area contributed by atoms with Gasteiger partial charge in [-0.05, 0) is 77.0 Å². The highest BCUT2D eigenvalue weighted by Gasteiger charge is 2.26. The third kappa shape index (κ3) is 51.2. The fraction of sp³-hybridized carbons (Fsp3) is 0.800. The summed E-state index contributed by atoms with van der Waals surface area (Å²) in [6.07, 6.45) is 61.2. The molecule has 0 aromatic carbocycles. The lowest BCUT2D eigenvalue weighted by molar-refractivity contribution is -0.870. The van der Waals surface area contributed by atoms with Gasteiger partial charge >= 0.3 is 13.8 Å². The van der Waals surface area contributed by atoms with Crippen LogP contribution in [0.5, 0.6) is 0 Å². The topological polar surface area (TPSA) is 91.3 Å². The van der Waals surface area contributed by atoms with Crippen LogP contribution in [0.25, 0.3) is 0 Å². The van der Waals surface area contributed by atoms with Gasteiger partial charge in [-0.15, -0.1) is 0 Å². The van der Waals surface area contributed by atoms with E-state index in [9.17, 15) is 14.3 Å². The number of carbonyl (C=O) groups excluding carboxylic acids is 1. The van der Waals surface area contributed by atoms with Gasteiger partial charge in [-0.25, -0.2) is 4.57 Å². The monoisotopic (exact) mass is 921 g/mol. The van der Waals surface area contributed by atoms with E-state index in [1.54, 1.807) is 0 Å². The summed E-state index contributed by atoms with van der Waals surface area (Å²) in [5.41, 5.74) is 0. The maximum atomic E-state index is 12.8. The molecule has 0 saturated carbocycles. The SMILES string of the molecule is CC/C=C\C/C=C\C/C=C\C/C=C\CCCCCCCCCCCCCOCC(COP(=O)(O)OCC[N+](C)(C)C)OC(=O)CCCCCCCCC/C=C\CCCCCCCCC. The van der Waals surface area contributed by atoms with Gasteiger partial charge in [0.25, 0.3) is 0 Å². The van der Waals surface area contributed by atoms with Crippen molar-refractivity contribution < 1.29 is 37.3 Å². The predicted molar refractivity (Wildman–Crippen MR) is 275 cm³/mol. The second kappa shape index (κ2) is 47.7. The van der Waals surface area contributed by atoms with E-state index in [0.717, 1.165) is 57.8 Å². The van der Waals surface area contributed by atoms with Crippen LogP contribution in [0.4, 0.5) is 0 Å². The molecule has 0 radical (unpaired) electrons. The zero-order chi connectivity index (χ0) is 46.9. The Kier molecular flexibility index (Phi) is 46.3. The first kappa shape index (κ1) is 62.2. The number of allylic oxidation sites excluding steroid dienone is 10. The van der Waals surface area contributed by atoms with Gasteiger partial charge in [-0.1, -0.05) is 203 Å². The minimum absolute atomic E-state index is 0.0857. The third-order valence-electron chi connectivity index (χ3n) is 11.3. The van der Waals surface area contributed by atoms with Crippen molar-refractivity contribution in [3.63, 3.8) is 0 Å². The number of ether oxygens (including phenoxy) is 2. The first-order valence-corrected chi connectivity index (χ1v) is 28.0. The number of hydrogen-bond donors (Lipinski definition) is 1. The van der Waals surface area contributed by atoms with Crippen LogP contribution in [0.2, 0.25) is 0 Å². The van der Waals surface area contributed by atoms with Crippen LogP contribution in [-0.2, 0) is 27.9 Å². The molecule has 0 saturated heterocycles. The third-order valence-corrected chi connectivity index (χ3v) is 12.3. The maximum Gasteiger partial charge on any atom is 0.472 e. The van der Waals surface area contributed by atoms with E-state index in [2.05, 4.69) is 74.6 Å². The number of unbranched alkanes of at least 4 members (excludes halogenated alkanes) is 25. The van der Waals surface area contributed by atoms with E-state index >= 15 is 0 Å². The molecule has 2 atom stereocenters. The van der Waals surface area contributed by atoms with Crippen LogP contribution in [0.1, 0.15) is 226 Å². The van der Waals surface area contributed by atoms with E-state index in [-0.39, 0.29) is 25.8 Å². The predicted octanol–water partition coefficient (Wildman–Crippen LogP) is 16.4. The van der Waals surface area contributed by atoms with Gasteiger partial charge in [0, 0.05) is 13.0 Å². The first-order chi connectivity index (χ1) is 31.1. The lowest BCUT2D eigenvalue weighted by atomic mass is 10.1. The minimum atomic E-state index is -4.29. The molecule has 0 aliphatic rings. The number of esters is 1. The van der Waals surface area contributed by atoms with Crippen molar-refractivity contribution >= 4 is 13.8 Å². The summed E-state index contributed by atoms with van der Waals surface area (Å²) < 4.78 is 35.2. The summed E-state index contributed by atoms with van der Waals surface area (Å²) in [5, 5.41) is 0. The van der Waals surface area contributed by atoms with Crippen molar-refractivity contribution in [2.24, 2.45) is 0 Å². The second-order valence-electron chi connectivity index (χ2n) is 18.9. The minimum Gasteiger partial charge on any atom is -0.457 e. The standard InChI is InChI=1S/C55H102NO7P/c1-6-8-10-12-14-16-18-20-22-24-26-27-28-29-30-31-33-35-37-39-41-43-45-47-50-60-52-54(53-62-64(58,59)61-51-49-56(3,4)5)63-55(57)48-46-44-42-40-38-36-34-32-25-23-21-19-17-15-13-11-9-7-2/h8,10,14,16,20,22-23,25-27,54H,6-7,9,11-13,15,17-19,21,24,28-53H2,1-5H3/p+1/b10-8-,16-14-,22-20-,25-23-,27-26-. The summed E-state index contributed by atoms with van der Waals surface area (Å²) in [7, 11) is 1.66. The Morgan fingerprint density at radius 1 is 0.500 bits per heavy atom. The van der Waals surface area contributed by atoms with Gasteiger partial charge in [-0.3, -0.25) is 13.8 Å². The molecule has 0 spiro atoms. The van der Waals surface area contributed by atoms with Crippen LogP contribution in [0.3, 0.4) is 0 Å². The number of hydrogen-bond acceptors (Lipinski definition) is 6. The fourth-order valence-electron chi connectivity index (χ4n) is 7.25. The summed E-state index contributed by atoms with van der Waals surface area (Å²) in [5.74, 6) is -0.318. The molecule has 0 aliphatic heterocycles. The van der Waals surface area contributed by atoms with Gasteiger partial charge in [-0.2, -0.15) is 0 Å². The fourth-order valence-corrected chi connectivity index (χ4v) is 7.99. The van der Waals surface area contributed by atoms with Crippen LogP contribution in [0.15, 0.2) is 60.8 Å². The molecule has 1 N–H and O–H groups in total. The Morgan fingerprint density at radius 2 is 0.906 bits per heavy atom. The van der Waals surface area contributed by atoms with Crippen molar-refractivity contribution in [3.8, 4) is 0 Å². The van der Waals surface area contributed by atoms with Gasteiger partial charge in [0.05, 0.1) is 34.4 Å². The number of phosphoric ester groups is 1. The zero-order valence-corrected chi connectivity index (χ0v) is 43.4. The number of phosphoric acid groups is 1. The normalized spacial score (nSPS) is 14.0. The average Bonchev–Trinajstić information content (AvgIpc) is 3.25. The van der Waals surface area contributed by atoms with Crippen LogP contribution < -0.4 is 0 Å². The molecule has 0 aromatic rings. The van der Waals surface area contributed by atoms with E-state index in [1.165, 1.54) is 148 Å². The smallest absolute Gasteiger partial charge is 0.457 e.